The van der Waals surface area contributed by atoms with Crippen molar-refractivity contribution in [2.24, 2.45) is 0 Å². The lowest BCUT2D eigenvalue weighted by atomic mass is 9.98. The predicted molar refractivity (Wildman–Crippen MR) is 189 cm³/mol. The van der Waals surface area contributed by atoms with Gasteiger partial charge in [0.05, 0.1) is 52.3 Å². The summed E-state index contributed by atoms with van der Waals surface area (Å²) in [6.07, 6.45) is 9.95. The number of methoxy groups -OCH3 is 2. The topological polar surface area (TPSA) is 371 Å². The van der Waals surface area contributed by atoms with Crippen LogP contribution in [0.15, 0.2) is 73.6 Å². The van der Waals surface area contributed by atoms with Crippen molar-refractivity contribution < 1.29 is 92.9 Å². The third kappa shape index (κ3) is 10.8. The van der Waals surface area contributed by atoms with Crippen molar-refractivity contribution in [3.8, 4) is 0 Å². The molecule has 28 nitrogen and oxygen atoms in total. The molecule has 332 valence electrons. The van der Waals surface area contributed by atoms with Gasteiger partial charge in [0.25, 0.3) is 0 Å². The first-order valence-corrected chi connectivity index (χ1v) is 20.0. The van der Waals surface area contributed by atoms with Crippen molar-refractivity contribution in [2.45, 2.75) is 37.3 Å². The summed E-state index contributed by atoms with van der Waals surface area (Å²) in [6.45, 7) is -1.56. The molecule has 8 heterocycles. The summed E-state index contributed by atoms with van der Waals surface area (Å²) in [6, 6.07) is 5.03. The summed E-state index contributed by atoms with van der Waals surface area (Å²) >= 11 is 0. The quantitative estimate of drug-likeness (QED) is 0.112. The van der Waals surface area contributed by atoms with Gasteiger partial charge in [0.1, 0.15) is 23.5 Å². The minimum absolute atomic E-state index is 0.0131. The number of ether oxygens (including phenoxy) is 2. The number of aromatic nitrogens is 6. The molecule has 2 fully saturated rings. The lowest BCUT2D eigenvalue weighted by molar-refractivity contribution is -0.378. The molecule has 0 spiro atoms. The fourth-order valence-corrected chi connectivity index (χ4v) is 7.14. The molecule has 4 aliphatic heterocycles. The minimum atomic E-state index is -5.01. The Morgan fingerprint density at radius 2 is 1.00 bits per heavy atom. The van der Waals surface area contributed by atoms with Gasteiger partial charge in [0.2, 0.25) is 0 Å². The molecule has 0 saturated carbocycles. The maximum absolute atomic E-state index is 12.3. The number of nitrogens with zero attached hydrogens (tertiary/aromatic N) is 8. The van der Waals surface area contributed by atoms with Crippen LogP contribution >= 0.6 is 0 Å². The molecule has 0 radical (unpaired) electrons. The third-order valence-electron chi connectivity index (χ3n) is 8.67. The average Bonchev–Trinajstić information content (AvgIpc) is 3.96. The smallest absolute Gasteiger partial charge is 0.418 e. The van der Waals surface area contributed by atoms with Crippen LogP contribution in [-0.4, -0.2) is 129 Å². The molecule has 4 amide bonds. The van der Waals surface area contributed by atoms with E-state index in [1.165, 1.54) is 12.4 Å². The molecular weight excluding hydrogens is 877 g/mol. The number of hydrogen-bond acceptors (Lipinski definition) is 18. The molecule has 4 atom stereocenters. The minimum Gasteiger partial charge on any atom is -0.548 e. The molecule has 2 saturated heterocycles. The molecule has 0 aromatic carbocycles. The number of carbonyl (C=O) groups is 6. The Morgan fingerprint density at radius 1 is 0.661 bits per heavy atom. The second kappa shape index (κ2) is 19.1. The molecular formula is C32H34N10O18S2. The monoisotopic (exact) mass is 910 g/mol. The molecule has 8 rings (SSSR count). The number of H-pyrrole nitrogens is 2. The molecule has 4 aromatic rings. The number of carboxylic acids is 2. The van der Waals surface area contributed by atoms with E-state index in [9.17, 15) is 55.8 Å². The predicted octanol–water partition coefficient (Wildman–Crippen LogP) is -4.25. The van der Waals surface area contributed by atoms with Crippen LogP contribution in [0.1, 0.15) is 46.7 Å². The molecule has 30 heteroatoms. The van der Waals surface area contributed by atoms with E-state index in [1.54, 1.807) is 0 Å². The molecule has 62 heavy (non-hydrogen) atoms. The van der Waals surface area contributed by atoms with Crippen LogP contribution in [0, 0.1) is 0 Å². The van der Waals surface area contributed by atoms with Crippen molar-refractivity contribution in [2.75, 3.05) is 27.3 Å². The van der Waals surface area contributed by atoms with Gasteiger partial charge in [-0.3, -0.25) is 18.5 Å². The van der Waals surface area contributed by atoms with Crippen LogP contribution in [0.25, 0.3) is 0 Å². The summed E-state index contributed by atoms with van der Waals surface area (Å²) < 4.78 is 81.4. The number of nitrogens with one attached hydrogen (secondary N) is 2. The van der Waals surface area contributed by atoms with Crippen molar-refractivity contribution in [1.82, 2.24) is 39.5 Å². The maximum Gasteiger partial charge on any atom is 0.418 e. The van der Waals surface area contributed by atoms with Gasteiger partial charge in [0.15, 0.2) is 36.9 Å². The van der Waals surface area contributed by atoms with Gasteiger partial charge in [-0.1, -0.05) is 12.1 Å². The number of esters is 2. The van der Waals surface area contributed by atoms with E-state index in [1.807, 2.05) is 61.2 Å². The van der Waals surface area contributed by atoms with Gasteiger partial charge in [-0.2, -0.15) is 37.2 Å². The number of pyridine rings is 2. The standard InChI is InChI=1S/2C11H12N4O9S.2C5H5N/c2*1-23-10(18)9-8-5(2-13(12-8)4-7(16)17)6-3-14(9)11(19)15(6)24-25(20,21)22;2*1-2-4-6-5-3-1/h2*2,6,9H,3-4H2,1H3,(H,16,17)(H,20,21,22);2*1-5H/t2*6-,9+;;/m11../s1. The van der Waals surface area contributed by atoms with Gasteiger partial charge in [-0.15, -0.1) is 8.57 Å². The number of amides is 4. The average molecular weight is 911 g/mol. The van der Waals surface area contributed by atoms with Crippen LogP contribution in [0.5, 0.6) is 0 Å². The van der Waals surface area contributed by atoms with Crippen LogP contribution < -0.4 is 20.2 Å². The number of carbonyl (C=O) groups excluding carboxylic acids is 6. The summed E-state index contributed by atoms with van der Waals surface area (Å²) in [7, 11) is -7.85. The Bertz CT molecular complexity index is 2300. The maximum atomic E-state index is 12.3. The first-order valence-electron chi connectivity index (χ1n) is 17.3. The van der Waals surface area contributed by atoms with Gasteiger partial charge >= 0.3 is 44.8 Å². The Balaban J connectivity index is 0.000000184. The van der Waals surface area contributed by atoms with E-state index < -0.39 is 94.0 Å². The van der Waals surface area contributed by atoms with E-state index in [0.29, 0.717) is 10.1 Å². The van der Waals surface area contributed by atoms with Gasteiger partial charge in [-0.05, 0) is 0 Å². The molecule has 0 aliphatic carbocycles. The van der Waals surface area contributed by atoms with Gasteiger partial charge in [0, 0.05) is 47.8 Å². The summed E-state index contributed by atoms with van der Waals surface area (Å²) in [5, 5.41) is 30.1. The summed E-state index contributed by atoms with van der Waals surface area (Å²) in [5.74, 6) is -4.61. The molecule has 4 N–H and O–H groups in total. The Hall–Kier alpha value is -7.12. The van der Waals surface area contributed by atoms with Crippen molar-refractivity contribution in [1.29, 1.82) is 0 Å². The van der Waals surface area contributed by atoms with Crippen molar-refractivity contribution in [3.05, 3.63) is 96.1 Å². The zero-order chi connectivity index (χ0) is 45.5. The van der Waals surface area contributed by atoms with Crippen LogP contribution in [0.3, 0.4) is 0 Å². The van der Waals surface area contributed by atoms with Gasteiger partial charge < -0.3 is 39.1 Å². The second-order valence-electron chi connectivity index (χ2n) is 12.6. The van der Waals surface area contributed by atoms with E-state index in [4.69, 9.17) is 9.11 Å². The molecule has 4 aliphatic rings. The van der Waals surface area contributed by atoms with E-state index >= 15 is 0 Å². The Kier molecular flexibility index (Phi) is 14.1. The molecule has 4 aromatic heterocycles. The zero-order valence-electron chi connectivity index (χ0n) is 31.9. The highest BCUT2D eigenvalue weighted by atomic mass is 32.3. The fourth-order valence-electron chi connectivity index (χ4n) is 6.40. The highest BCUT2D eigenvalue weighted by Crippen LogP contribution is 2.45. The van der Waals surface area contributed by atoms with Crippen LogP contribution in [0.2, 0.25) is 0 Å². The third-order valence-corrected chi connectivity index (χ3v) is 9.37. The number of carboxylic acid groups (broad SMARTS) is 2. The SMILES string of the molecule is COC(=O)[C@@H]1c2nn(CC(=O)[O-])cc2[C@H]2CN1C(=O)N2OS(=O)(=O)O.COC(=O)[C@@H]1c2nn(CC(=O)[O-])cc2[C@H]2CN1C(=O)N2OS(=O)(=O)O.c1cc[nH+]cc1.c1cc[nH+]cc1. The number of fused-ring (bicyclic) bond motifs is 8. The van der Waals surface area contributed by atoms with Crippen LogP contribution in [0.4, 0.5) is 9.59 Å². The highest BCUT2D eigenvalue weighted by molar-refractivity contribution is 7.81. The van der Waals surface area contributed by atoms with Crippen molar-refractivity contribution in [3.63, 3.8) is 0 Å². The normalized spacial score (nSPS) is 19.4. The van der Waals surface area contributed by atoms with E-state index in [-0.39, 0.29) is 35.6 Å². The Morgan fingerprint density at radius 3 is 1.24 bits per heavy atom. The van der Waals surface area contributed by atoms with Gasteiger partial charge in [-0.25, -0.2) is 29.1 Å². The first-order chi connectivity index (χ1) is 29.2. The number of hydrogen-bond donors (Lipinski definition) is 2. The van der Waals surface area contributed by atoms with Crippen LogP contribution in [-0.2, 0) is 71.1 Å². The first kappa shape index (κ1) is 46.0. The number of aliphatic carboxylic acids is 2. The van der Waals surface area contributed by atoms with E-state index in [0.717, 1.165) is 33.4 Å². The molecule has 0 unspecified atom stereocenters. The number of rotatable bonds is 10. The number of aromatic amines is 2. The van der Waals surface area contributed by atoms with E-state index in [2.05, 4.69) is 38.2 Å². The zero-order valence-corrected chi connectivity index (χ0v) is 33.5. The molecule has 4 bridgehead atoms. The largest absolute Gasteiger partial charge is 0.548 e. The summed E-state index contributed by atoms with van der Waals surface area (Å²) in [4.78, 5) is 77.9. The van der Waals surface area contributed by atoms with Crippen molar-refractivity contribution >= 4 is 56.7 Å². The lowest BCUT2D eigenvalue weighted by Gasteiger charge is -2.27. The second-order valence-corrected chi connectivity index (χ2v) is 14.7. The Labute approximate surface area is 349 Å². The highest BCUT2D eigenvalue weighted by Gasteiger charge is 2.55. The lowest BCUT2D eigenvalue weighted by Crippen LogP contribution is -2.39. The number of hydroxylamine groups is 4. The summed E-state index contributed by atoms with van der Waals surface area (Å²) in [5.41, 5.74) is 0.392. The fraction of sp³-hybridized carbons (Fsp3) is 0.312. The number of urea groups is 2.